The Morgan fingerprint density at radius 3 is 2.20 bits per heavy atom. The molecule has 0 aliphatic carbocycles. The summed E-state index contributed by atoms with van der Waals surface area (Å²) in [5, 5.41) is 0. The summed E-state index contributed by atoms with van der Waals surface area (Å²) >= 11 is 6.95. The average Bonchev–Trinajstić information content (AvgIpc) is 1.96. The average molecular weight is 226 g/mol. The first-order chi connectivity index (χ1) is 4.83. The second kappa shape index (κ2) is 33.8. The van der Waals surface area contributed by atoms with Gasteiger partial charge in [0, 0.05) is 7.11 Å². The molecule has 0 rings (SSSR count). The molecule has 0 amide bonds. The molecule has 0 fully saturated rings. The minimum absolute atomic E-state index is 0.179. The first kappa shape index (κ1) is 16.9. The first-order valence-corrected chi connectivity index (χ1v) is 4.76. The van der Waals surface area contributed by atoms with E-state index in [4.69, 9.17) is 8.29 Å². The van der Waals surface area contributed by atoms with Crippen LogP contribution in [0.2, 0.25) is 6.04 Å². The van der Waals surface area contributed by atoms with Crippen LogP contribution in [0.3, 0.4) is 0 Å². The molecule has 5 heteroatoms. The van der Waals surface area contributed by atoms with Gasteiger partial charge in [-0.2, -0.15) is 6.04 Å². The Balaban J connectivity index is -0.0000000847. The predicted molar refractivity (Wildman–Crippen MR) is 41.1 cm³/mol. The quantitative estimate of drug-likeness (QED) is 0.518. The van der Waals surface area contributed by atoms with Crippen molar-refractivity contribution in [2.75, 3.05) is 7.11 Å². The van der Waals surface area contributed by atoms with Crippen molar-refractivity contribution in [3.05, 3.63) is 19.0 Å². The molecule has 2 nitrogen and oxygen atoms in total. The van der Waals surface area contributed by atoms with E-state index in [1.807, 2.05) is 5.54 Å². The summed E-state index contributed by atoms with van der Waals surface area (Å²) in [5.41, 5.74) is 1.97. The van der Waals surface area contributed by atoms with Gasteiger partial charge in [0.2, 0.25) is 0 Å². The summed E-state index contributed by atoms with van der Waals surface area (Å²) in [6, 6.07) is 1.01. The van der Waals surface area contributed by atoms with E-state index in [1.54, 1.807) is 7.11 Å². The third-order valence-corrected chi connectivity index (χ3v) is 1.05. The Morgan fingerprint density at radius 2 is 2.20 bits per heavy atom. The van der Waals surface area contributed by atoms with Gasteiger partial charge in [0.15, 0.2) is 0 Å². The van der Waals surface area contributed by atoms with Gasteiger partial charge in [0.1, 0.15) is 9.76 Å². The zero-order valence-electron chi connectivity index (χ0n) is 5.86. The molecule has 0 aliphatic heterocycles. The Hall–Kier alpha value is 0.513. The van der Waals surface area contributed by atoms with Gasteiger partial charge in [-0.1, -0.05) is 0 Å². The number of hydrogen-bond acceptors (Lipinski definition) is 2. The fourth-order valence-corrected chi connectivity index (χ4v) is 0.433. The maximum absolute atomic E-state index is 7.94. The van der Waals surface area contributed by atoms with Crippen molar-refractivity contribution in [1.82, 2.24) is 0 Å². The van der Waals surface area contributed by atoms with E-state index in [0.29, 0.717) is 0 Å². The zero-order chi connectivity index (χ0) is 8.83. The van der Waals surface area contributed by atoms with Crippen LogP contribution in [0.1, 0.15) is 0 Å². The monoisotopic (exact) mass is 225 g/mol. The second-order valence-corrected chi connectivity index (χ2v) is 2.94. The first-order valence-electron chi connectivity index (χ1n) is 2.38. The van der Waals surface area contributed by atoms with Crippen molar-refractivity contribution >= 4 is 21.4 Å². The molecular weight excluding hydrogens is 215 g/mol. The molecule has 0 aromatic heterocycles. The van der Waals surface area contributed by atoms with E-state index in [-0.39, 0.29) is 9.76 Å². The Labute approximate surface area is 77.7 Å². The molecule has 0 aromatic rings. The van der Waals surface area contributed by atoms with Gasteiger partial charge in [-0.25, -0.2) is 0 Å². The molecule has 0 bridgehead atoms. The summed E-state index contributed by atoms with van der Waals surface area (Å²) in [6.07, 6.45) is 0. The number of rotatable bonds is 2. The SMILES string of the molecule is C=[C-]Cl.[CH2-]C[SiH2]OC.[O]=[Co]. The molecule has 65 valence electrons. The van der Waals surface area contributed by atoms with Gasteiger partial charge >= 0.3 is 19.5 Å². The fraction of sp³-hybridized carbons (Fsp3) is 0.400. The summed E-state index contributed by atoms with van der Waals surface area (Å²) < 4.78 is 12.7. The maximum atomic E-state index is 7.94. The third-order valence-electron chi connectivity index (χ3n) is 0.348. The summed E-state index contributed by atoms with van der Waals surface area (Å²) in [5.74, 6) is 0. The van der Waals surface area contributed by atoms with Crippen LogP contribution in [0.5, 0.6) is 0 Å². The van der Waals surface area contributed by atoms with E-state index in [9.17, 15) is 0 Å². The molecule has 0 spiro atoms. The normalized spacial score (nSPS) is 7.20. The molecule has 0 aromatic carbocycles. The Kier molecular flexibility index (Phi) is 57.1. The van der Waals surface area contributed by atoms with Crippen LogP contribution >= 0.6 is 11.6 Å². The van der Waals surface area contributed by atoms with Crippen molar-refractivity contribution in [3.8, 4) is 0 Å². The second-order valence-electron chi connectivity index (χ2n) is 0.980. The van der Waals surface area contributed by atoms with Gasteiger partial charge in [0.25, 0.3) is 0 Å². The van der Waals surface area contributed by atoms with Crippen LogP contribution in [-0.4, -0.2) is 16.9 Å². The van der Waals surface area contributed by atoms with E-state index in [0.717, 1.165) is 6.04 Å². The van der Waals surface area contributed by atoms with Gasteiger partial charge in [0.05, 0.1) is 0 Å². The molecule has 0 aliphatic rings. The van der Waals surface area contributed by atoms with E-state index in [1.165, 1.54) is 0 Å². The molecule has 0 saturated heterocycles. The molecular formula is C5H11ClCoO2Si-2. The summed E-state index contributed by atoms with van der Waals surface area (Å²) in [4.78, 5) is 0. The molecule has 0 heterocycles. The standard InChI is InChI=1S/C3H9OSi.C2H2Cl.Co.O/c1-3-5-4-2;1-2-3;;/h1,3,5H2,2H3;1H2;;/q2*-1;;. The topological polar surface area (TPSA) is 26.3 Å². The Bertz CT molecular complexity index is 54.9. The molecule has 0 N–H and O–H groups in total. The van der Waals surface area contributed by atoms with Crippen molar-refractivity contribution < 1.29 is 24.0 Å². The van der Waals surface area contributed by atoms with Gasteiger partial charge in [-0.3, -0.25) is 6.58 Å². The minimum atomic E-state index is -0.179. The summed E-state index contributed by atoms with van der Waals surface area (Å²) in [7, 11) is 1.55. The number of halogens is 1. The van der Waals surface area contributed by atoms with Gasteiger partial charge in [-0.15, -0.1) is 0 Å². The van der Waals surface area contributed by atoms with Crippen molar-refractivity contribution in [1.29, 1.82) is 0 Å². The van der Waals surface area contributed by atoms with Crippen LogP contribution in [0.4, 0.5) is 0 Å². The van der Waals surface area contributed by atoms with Crippen molar-refractivity contribution in [2.45, 2.75) is 6.04 Å². The third kappa shape index (κ3) is 76.1. The van der Waals surface area contributed by atoms with E-state index < -0.39 is 0 Å². The van der Waals surface area contributed by atoms with Crippen LogP contribution in [0, 0.1) is 12.5 Å². The van der Waals surface area contributed by atoms with Crippen LogP contribution in [-0.2, 0) is 24.0 Å². The molecule has 0 unspecified atom stereocenters. The van der Waals surface area contributed by atoms with Crippen LogP contribution in [0.25, 0.3) is 0 Å². The molecule has 0 radical (unpaired) electrons. The van der Waals surface area contributed by atoms with E-state index in [2.05, 4.69) is 40.8 Å². The van der Waals surface area contributed by atoms with Crippen LogP contribution in [0.15, 0.2) is 6.58 Å². The zero-order valence-corrected chi connectivity index (χ0v) is 9.07. The van der Waals surface area contributed by atoms with Gasteiger partial charge in [-0.05, 0) is 0 Å². The molecule has 10 heavy (non-hydrogen) atoms. The molecule has 0 atom stereocenters. The van der Waals surface area contributed by atoms with Crippen molar-refractivity contribution in [2.24, 2.45) is 0 Å². The van der Waals surface area contributed by atoms with Gasteiger partial charge < -0.3 is 28.5 Å². The summed E-state index contributed by atoms with van der Waals surface area (Å²) in [6.45, 7) is 6.61. The fourth-order valence-electron chi connectivity index (χ4n) is 0.144. The van der Waals surface area contributed by atoms with Crippen molar-refractivity contribution in [3.63, 3.8) is 0 Å². The molecule has 0 saturated carbocycles. The number of hydrogen-bond donors (Lipinski definition) is 0. The van der Waals surface area contributed by atoms with E-state index >= 15 is 0 Å². The predicted octanol–water partition coefficient (Wildman–Crippen LogP) is 1.02. The Morgan fingerprint density at radius 1 is 1.90 bits per heavy atom. The van der Waals surface area contributed by atoms with Crippen LogP contribution < -0.4 is 0 Å².